The molecule has 2 heterocycles. The number of hydrogen-bond donors (Lipinski definition) is 1. The highest BCUT2D eigenvalue weighted by molar-refractivity contribution is 6.34. The van der Waals surface area contributed by atoms with Gasteiger partial charge >= 0.3 is 0 Å². The second-order valence-corrected chi connectivity index (χ2v) is 5.55. The van der Waals surface area contributed by atoms with Gasteiger partial charge in [0.2, 0.25) is 0 Å². The van der Waals surface area contributed by atoms with Crippen LogP contribution >= 0.6 is 11.6 Å². The van der Waals surface area contributed by atoms with Gasteiger partial charge in [0, 0.05) is 26.1 Å². The fourth-order valence-corrected chi connectivity index (χ4v) is 2.97. The number of anilines is 2. The van der Waals surface area contributed by atoms with Gasteiger partial charge in [0.15, 0.2) is 0 Å². The minimum absolute atomic E-state index is 0.756. The Balaban J connectivity index is 1.85. The van der Waals surface area contributed by atoms with Crippen molar-refractivity contribution in [2.75, 3.05) is 43.1 Å². The first kappa shape index (κ1) is 13.7. The molecule has 20 heavy (non-hydrogen) atoms. The normalized spacial score (nSPS) is 19.6. The van der Waals surface area contributed by atoms with E-state index in [-0.39, 0.29) is 0 Å². The maximum Gasteiger partial charge on any atom is 0.101 e. The van der Waals surface area contributed by atoms with Crippen LogP contribution in [0.1, 0.15) is 19.3 Å². The molecule has 1 N–H and O–H groups in total. The van der Waals surface area contributed by atoms with Crippen LogP contribution in [-0.2, 0) is 4.74 Å². The van der Waals surface area contributed by atoms with E-state index in [0.29, 0.717) is 0 Å². The molecule has 0 aliphatic carbocycles. The quantitative estimate of drug-likeness (QED) is 0.910. The van der Waals surface area contributed by atoms with Crippen LogP contribution in [0.25, 0.3) is 0 Å². The Bertz CT molecular complexity index is 498. The molecule has 2 aliphatic heterocycles. The predicted molar refractivity (Wildman–Crippen MR) is 84.3 cm³/mol. The Morgan fingerprint density at radius 2 is 2.05 bits per heavy atom. The molecule has 0 atom stereocenters. The summed E-state index contributed by atoms with van der Waals surface area (Å²) >= 11 is 6.42. The number of para-hydroxylation sites is 1. The first-order valence-corrected chi connectivity index (χ1v) is 7.64. The van der Waals surface area contributed by atoms with E-state index in [0.717, 1.165) is 61.5 Å². The zero-order valence-corrected chi connectivity index (χ0v) is 12.3. The molecule has 1 aromatic rings. The zero-order valence-electron chi connectivity index (χ0n) is 11.6. The second kappa shape index (κ2) is 6.46. The molecular formula is C15H20ClN3O. The Hall–Kier alpha value is -1.26. The van der Waals surface area contributed by atoms with Crippen LogP contribution in [0, 0.1) is 0 Å². The monoisotopic (exact) mass is 293 g/mol. The average molecular weight is 294 g/mol. The van der Waals surface area contributed by atoms with Crippen molar-refractivity contribution in [1.82, 2.24) is 0 Å². The number of amidine groups is 1. The van der Waals surface area contributed by atoms with Crippen LogP contribution in [-0.4, -0.2) is 38.7 Å². The van der Waals surface area contributed by atoms with Gasteiger partial charge in [0.05, 0.1) is 29.6 Å². The third kappa shape index (κ3) is 3.07. The molecule has 108 valence electrons. The molecule has 0 bridgehead atoms. The number of halogens is 1. The van der Waals surface area contributed by atoms with Gasteiger partial charge in [0.1, 0.15) is 5.84 Å². The molecule has 0 radical (unpaired) electrons. The fourth-order valence-electron chi connectivity index (χ4n) is 2.68. The molecule has 5 heteroatoms. The fraction of sp³-hybridized carbons (Fsp3) is 0.533. The lowest BCUT2D eigenvalue weighted by molar-refractivity contribution is 0.123. The highest BCUT2D eigenvalue weighted by atomic mass is 35.5. The molecule has 0 unspecified atom stereocenters. The second-order valence-electron chi connectivity index (χ2n) is 5.15. The van der Waals surface area contributed by atoms with Crippen molar-refractivity contribution in [2.45, 2.75) is 19.3 Å². The van der Waals surface area contributed by atoms with E-state index >= 15 is 0 Å². The topological polar surface area (TPSA) is 36.9 Å². The zero-order chi connectivity index (χ0) is 13.8. The molecule has 0 saturated carbocycles. The van der Waals surface area contributed by atoms with Crippen molar-refractivity contribution in [3.63, 3.8) is 0 Å². The van der Waals surface area contributed by atoms with Crippen molar-refractivity contribution < 1.29 is 4.74 Å². The summed E-state index contributed by atoms with van der Waals surface area (Å²) in [5.41, 5.74) is 2.13. The molecule has 1 saturated heterocycles. The van der Waals surface area contributed by atoms with Crippen LogP contribution in [0.4, 0.5) is 11.4 Å². The minimum atomic E-state index is 0.756. The smallest absolute Gasteiger partial charge is 0.101 e. The molecule has 1 aromatic carbocycles. The van der Waals surface area contributed by atoms with Gasteiger partial charge in [-0.05, 0) is 25.0 Å². The summed E-state index contributed by atoms with van der Waals surface area (Å²) in [6, 6.07) is 6.01. The third-order valence-electron chi connectivity index (χ3n) is 3.72. The molecule has 0 amide bonds. The largest absolute Gasteiger partial charge is 0.378 e. The van der Waals surface area contributed by atoms with E-state index in [4.69, 9.17) is 16.3 Å². The Morgan fingerprint density at radius 1 is 1.20 bits per heavy atom. The molecule has 1 fully saturated rings. The van der Waals surface area contributed by atoms with Crippen LogP contribution in [0.15, 0.2) is 23.2 Å². The Morgan fingerprint density at radius 3 is 2.80 bits per heavy atom. The summed E-state index contributed by atoms with van der Waals surface area (Å²) in [6.45, 7) is 4.20. The van der Waals surface area contributed by atoms with Crippen molar-refractivity contribution in [2.24, 2.45) is 4.99 Å². The first-order chi connectivity index (χ1) is 9.84. The van der Waals surface area contributed by atoms with Crippen LogP contribution < -0.4 is 10.2 Å². The number of hydrogen-bond acceptors (Lipinski definition) is 4. The van der Waals surface area contributed by atoms with Gasteiger partial charge in [-0.2, -0.15) is 0 Å². The van der Waals surface area contributed by atoms with Crippen molar-refractivity contribution in [1.29, 1.82) is 0 Å². The SMILES string of the molecule is Clc1cccc(NC2=NCCCC2)c1N1CCOCC1. The van der Waals surface area contributed by atoms with E-state index in [9.17, 15) is 0 Å². The Kier molecular flexibility index (Phi) is 4.43. The number of nitrogens with zero attached hydrogens (tertiary/aromatic N) is 2. The number of morpholine rings is 1. The summed E-state index contributed by atoms with van der Waals surface area (Å²) in [5.74, 6) is 1.08. The van der Waals surface area contributed by atoms with Crippen molar-refractivity contribution in [3.05, 3.63) is 23.2 Å². The Labute approximate surface area is 124 Å². The van der Waals surface area contributed by atoms with Gasteiger partial charge < -0.3 is 15.0 Å². The maximum absolute atomic E-state index is 6.42. The van der Waals surface area contributed by atoms with E-state index in [2.05, 4.69) is 21.3 Å². The highest BCUT2D eigenvalue weighted by Gasteiger charge is 2.18. The van der Waals surface area contributed by atoms with E-state index in [1.807, 2.05) is 12.1 Å². The van der Waals surface area contributed by atoms with Crippen molar-refractivity contribution in [3.8, 4) is 0 Å². The number of aliphatic imine (C=N–C) groups is 1. The average Bonchev–Trinajstić information content (AvgIpc) is 2.49. The van der Waals surface area contributed by atoms with E-state index in [1.165, 1.54) is 12.8 Å². The molecule has 2 aliphatic rings. The number of benzene rings is 1. The van der Waals surface area contributed by atoms with Gasteiger partial charge in [-0.15, -0.1) is 0 Å². The number of nitrogens with one attached hydrogen (secondary N) is 1. The lowest BCUT2D eigenvalue weighted by atomic mass is 10.1. The van der Waals surface area contributed by atoms with Crippen molar-refractivity contribution >= 4 is 28.8 Å². The molecule has 3 rings (SSSR count). The summed E-state index contributed by atoms with van der Waals surface area (Å²) in [6.07, 6.45) is 3.42. The van der Waals surface area contributed by atoms with Crippen LogP contribution in [0.3, 0.4) is 0 Å². The molecule has 0 aromatic heterocycles. The van der Waals surface area contributed by atoms with Gasteiger partial charge in [-0.3, -0.25) is 4.99 Å². The minimum Gasteiger partial charge on any atom is -0.378 e. The molecule has 4 nitrogen and oxygen atoms in total. The van der Waals surface area contributed by atoms with Gasteiger partial charge in [-0.25, -0.2) is 0 Å². The van der Waals surface area contributed by atoms with Crippen LogP contribution in [0.2, 0.25) is 5.02 Å². The first-order valence-electron chi connectivity index (χ1n) is 7.26. The number of rotatable bonds is 2. The molecular weight excluding hydrogens is 274 g/mol. The highest BCUT2D eigenvalue weighted by Crippen LogP contribution is 2.34. The lowest BCUT2D eigenvalue weighted by Gasteiger charge is -2.31. The van der Waals surface area contributed by atoms with E-state index in [1.54, 1.807) is 0 Å². The maximum atomic E-state index is 6.42. The summed E-state index contributed by atoms with van der Waals surface area (Å²) in [7, 11) is 0. The number of ether oxygens (including phenoxy) is 1. The van der Waals surface area contributed by atoms with Crippen LogP contribution in [0.5, 0.6) is 0 Å². The van der Waals surface area contributed by atoms with Gasteiger partial charge in [-0.1, -0.05) is 17.7 Å². The predicted octanol–water partition coefficient (Wildman–Crippen LogP) is 3.17. The summed E-state index contributed by atoms with van der Waals surface area (Å²) in [5, 5.41) is 4.26. The van der Waals surface area contributed by atoms with Gasteiger partial charge in [0.25, 0.3) is 0 Å². The standard InChI is InChI=1S/C15H20ClN3O/c16-12-4-3-5-13(18-14-6-1-2-7-17-14)15(12)19-8-10-20-11-9-19/h3-5H,1-2,6-11H2,(H,17,18). The summed E-state index contributed by atoms with van der Waals surface area (Å²) < 4.78 is 5.42. The molecule has 0 spiro atoms. The third-order valence-corrected chi connectivity index (χ3v) is 4.02. The van der Waals surface area contributed by atoms with E-state index < -0.39 is 0 Å². The summed E-state index contributed by atoms with van der Waals surface area (Å²) in [4.78, 5) is 6.85. The lowest BCUT2D eigenvalue weighted by Crippen LogP contribution is -2.37.